The van der Waals surface area contributed by atoms with Gasteiger partial charge in [-0.3, -0.25) is 10.1 Å². The van der Waals surface area contributed by atoms with Crippen molar-refractivity contribution in [2.45, 2.75) is 19.4 Å². The Morgan fingerprint density at radius 2 is 1.27 bits per heavy atom. The smallest absolute Gasteiger partial charge is 0.269 e. The van der Waals surface area contributed by atoms with Crippen molar-refractivity contribution in [3.8, 4) is 0 Å². The van der Waals surface area contributed by atoms with Gasteiger partial charge in [-0.05, 0) is 53.8 Å². The van der Waals surface area contributed by atoms with E-state index in [1.54, 1.807) is 12.1 Å². The highest BCUT2D eigenvalue weighted by atomic mass is 16.6. The van der Waals surface area contributed by atoms with Crippen LogP contribution in [0.1, 0.15) is 16.7 Å². The van der Waals surface area contributed by atoms with E-state index in [0.29, 0.717) is 0 Å². The highest BCUT2D eigenvalue weighted by Gasteiger charge is 2.04. The largest absolute Gasteiger partial charge is 0.399 e. The van der Waals surface area contributed by atoms with Crippen molar-refractivity contribution in [2.75, 3.05) is 11.1 Å². The molecule has 0 radical (unpaired) electrons. The summed E-state index contributed by atoms with van der Waals surface area (Å²) in [5.41, 5.74) is 11.2. The Hall–Kier alpha value is -3.34. The minimum absolute atomic E-state index is 0.131. The van der Waals surface area contributed by atoms with Gasteiger partial charge < -0.3 is 11.1 Å². The molecule has 0 unspecified atom stereocenters. The molecule has 0 aromatic heterocycles. The van der Waals surface area contributed by atoms with Crippen LogP contribution in [0.3, 0.4) is 0 Å². The van der Waals surface area contributed by atoms with Gasteiger partial charge in [-0.25, -0.2) is 0 Å². The Labute approximate surface area is 152 Å². The molecule has 0 aliphatic heterocycles. The predicted octanol–water partition coefficient (Wildman–Crippen LogP) is 4.57. The Kier molecular flexibility index (Phi) is 5.49. The molecule has 0 bridgehead atoms. The van der Waals surface area contributed by atoms with E-state index in [1.165, 1.54) is 11.1 Å². The van der Waals surface area contributed by atoms with Crippen molar-refractivity contribution in [1.29, 1.82) is 0 Å². The molecule has 3 aromatic carbocycles. The normalized spacial score (nSPS) is 10.5. The lowest BCUT2D eigenvalue weighted by Gasteiger charge is -2.08. The summed E-state index contributed by atoms with van der Waals surface area (Å²) in [5.74, 6) is 0. The number of anilines is 2. The molecule has 26 heavy (non-hydrogen) atoms. The maximum atomic E-state index is 10.7. The number of benzene rings is 3. The molecule has 0 amide bonds. The van der Waals surface area contributed by atoms with E-state index < -0.39 is 0 Å². The third-order valence-corrected chi connectivity index (χ3v) is 4.28. The van der Waals surface area contributed by atoms with Gasteiger partial charge in [0, 0.05) is 30.1 Å². The number of nitrogen functional groups attached to an aromatic ring is 1. The van der Waals surface area contributed by atoms with Gasteiger partial charge in [-0.1, -0.05) is 36.4 Å². The van der Waals surface area contributed by atoms with Crippen molar-refractivity contribution in [3.63, 3.8) is 0 Å². The molecule has 132 valence electrons. The lowest BCUT2D eigenvalue weighted by molar-refractivity contribution is -0.384. The van der Waals surface area contributed by atoms with E-state index in [1.807, 2.05) is 36.4 Å². The van der Waals surface area contributed by atoms with Gasteiger partial charge >= 0.3 is 0 Å². The van der Waals surface area contributed by atoms with E-state index in [4.69, 9.17) is 5.73 Å². The first-order chi connectivity index (χ1) is 12.6. The second-order valence-corrected chi connectivity index (χ2v) is 6.22. The Morgan fingerprint density at radius 3 is 1.81 bits per heavy atom. The standard InChI is InChI=1S/C21H21N3O2/c22-19-9-11-20(12-10-19)23-15-18-5-3-16(4-6-18)1-2-17-7-13-21(14-8-17)24(25)26/h3-14,23H,1-2,15,22H2. The van der Waals surface area contributed by atoms with Crippen molar-refractivity contribution in [1.82, 2.24) is 0 Å². The van der Waals surface area contributed by atoms with Gasteiger partial charge in [0.2, 0.25) is 0 Å². The average molecular weight is 347 g/mol. The average Bonchev–Trinajstić information content (AvgIpc) is 2.67. The van der Waals surface area contributed by atoms with Crippen LogP contribution in [0.25, 0.3) is 0 Å². The minimum atomic E-state index is -0.374. The van der Waals surface area contributed by atoms with Crippen molar-refractivity contribution >= 4 is 17.1 Å². The lowest BCUT2D eigenvalue weighted by atomic mass is 10.0. The fourth-order valence-corrected chi connectivity index (χ4v) is 2.70. The molecule has 0 heterocycles. The number of hydrogen-bond acceptors (Lipinski definition) is 4. The zero-order valence-electron chi connectivity index (χ0n) is 14.4. The second-order valence-electron chi connectivity index (χ2n) is 6.22. The monoisotopic (exact) mass is 347 g/mol. The summed E-state index contributed by atoms with van der Waals surface area (Å²) in [6.45, 7) is 0.756. The third kappa shape index (κ3) is 4.83. The van der Waals surface area contributed by atoms with Gasteiger partial charge in [0.25, 0.3) is 5.69 Å². The number of nitrogens with zero attached hydrogens (tertiary/aromatic N) is 1. The Bertz CT molecular complexity index is 857. The molecule has 0 fully saturated rings. The molecular formula is C21H21N3O2. The van der Waals surface area contributed by atoms with E-state index in [-0.39, 0.29) is 10.6 Å². The molecule has 0 saturated carbocycles. The number of nitrogens with two attached hydrogens (primary N) is 1. The van der Waals surface area contributed by atoms with Crippen LogP contribution in [0.4, 0.5) is 17.1 Å². The van der Waals surface area contributed by atoms with Crippen LogP contribution in [0.15, 0.2) is 72.8 Å². The van der Waals surface area contributed by atoms with Crippen LogP contribution < -0.4 is 11.1 Å². The summed E-state index contributed by atoms with van der Waals surface area (Å²) in [6.07, 6.45) is 1.77. The van der Waals surface area contributed by atoms with Crippen LogP contribution in [-0.2, 0) is 19.4 Å². The first-order valence-electron chi connectivity index (χ1n) is 8.51. The van der Waals surface area contributed by atoms with Crippen molar-refractivity contribution in [2.24, 2.45) is 0 Å². The summed E-state index contributed by atoms with van der Waals surface area (Å²) in [6, 6.07) is 22.9. The number of nitro benzene ring substituents is 1. The van der Waals surface area contributed by atoms with E-state index in [2.05, 4.69) is 29.6 Å². The zero-order chi connectivity index (χ0) is 18.4. The number of non-ortho nitro benzene ring substituents is 1. The SMILES string of the molecule is Nc1ccc(NCc2ccc(CCc3ccc([N+](=O)[O-])cc3)cc2)cc1. The van der Waals surface area contributed by atoms with Gasteiger partial charge in [0.15, 0.2) is 0 Å². The molecule has 5 heteroatoms. The molecule has 3 rings (SSSR count). The first-order valence-corrected chi connectivity index (χ1v) is 8.51. The van der Waals surface area contributed by atoms with Gasteiger partial charge in [0.1, 0.15) is 0 Å². The van der Waals surface area contributed by atoms with Crippen molar-refractivity contribution < 1.29 is 4.92 Å². The molecule has 3 aromatic rings. The number of nitro groups is 1. The highest BCUT2D eigenvalue weighted by molar-refractivity contribution is 5.51. The lowest BCUT2D eigenvalue weighted by Crippen LogP contribution is -2.00. The quantitative estimate of drug-likeness (QED) is 0.372. The second kappa shape index (κ2) is 8.16. The summed E-state index contributed by atoms with van der Waals surface area (Å²) in [4.78, 5) is 10.3. The molecule has 0 aliphatic rings. The van der Waals surface area contributed by atoms with E-state index >= 15 is 0 Å². The minimum Gasteiger partial charge on any atom is -0.399 e. The number of hydrogen-bond donors (Lipinski definition) is 2. The topological polar surface area (TPSA) is 81.2 Å². The molecular weight excluding hydrogens is 326 g/mol. The fraction of sp³-hybridized carbons (Fsp3) is 0.143. The van der Waals surface area contributed by atoms with Gasteiger partial charge in [-0.15, -0.1) is 0 Å². The van der Waals surface area contributed by atoms with Crippen LogP contribution >= 0.6 is 0 Å². The summed E-state index contributed by atoms with van der Waals surface area (Å²) < 4.78 is 0. The molecule has 3 N–H and O–H groups in total. The molecule has 0 spiro atoms. The third-order valence-electron chi connectivity index (χ3n) is 4.28. The summed E-state index contributed by atoms with van der Waals surface area (Å²) in [7, 11) is 0. The fourth-order valence-electron chi connectivity index (χ4n) is 2.70. The Balaban J connectivity index is 1.50. The number of nitrogens with one attached hydrogen (secondary N) is 1. The summed E-state index contributed by atoms with van der Waals surface area (Å²) in [5, 5.41) is 14.0. The molecule has 0 atom stereocenters. The van der Waals surface area contributed by atoms with Crippen LogP contribution in [0, 0.1) is 10.1 Å². The van der Waals surface area contributed by atoms with Gasteiger partial charge in [0.05, 0.1) is 4.92 Å². The van der Waals surface area contributed by atoms with Crippen LogP contribution in [0.5, 0.6) is 0 Å². The molecule has 5 nitrogen and oxygen atoms in total. The van der Waals surface area contributed by atoms with Crippen LogP contribution in [0.2, 0.25) is 0 Å². The highest BCUT2D eigenvalue weighted by Crippen LogP contribution is 2.15. The number of aryl methyl sites for hydroxylation is 2. The maximum Gasteiger partial charge on any atom is 0.269 e. The Morgan fingerprint density at radius 1 is 0.769 bits per heavy atom. The number of rotatable bonds is 7. The van der Waals surface area contributed by atoms with E-state index in [0.717, 1.165) is 36.3 Å². The molecule has 0 saturated heterocycles. The maximum absolute atomic E-state index is 10.7. The zero-order valence-corrected chi connectivity index (χ0v) is 14.4. The predicted molar refractivity (Wildman–Crippen MR) is 105 cm³/mol. The first kappa shape index (κ1) is 17.5. The van der Waals surface area contributed by atoms with Crippen molar-refractivity contribution in [3.05, 3.63) is 99.6 Å². The van der Waals surface area contributed by atoms with Gasteiger partial charge in [-0.2, -0.15) is 0 Å². The summed E-state index contributed by atoms with van der Waals surface area (Å²) >= 11 is 0. The molecule has 0 aliphatic carbocycles. The van der Waals surface area contributed by atoms with Crippen LogP contribution in [-0.4, -0.2) is 4.92 Å². The van der Waals surface area contributed by atoms with E-state index in [9.17, 15) is 10.1 Å².